The number of rotatable bonds is 6. The van der Waals surface area contributed by atoms with Crippen LogP contribution in [0.2, 0.25) is 0 Å². The van der Waals surface area contributed by atoms with Crippen LogP contribution in [0.25, 0.3) is 0 Å². The highest BCUT2D eigenvalue weighted by atomic mass is 19.1. The van der Waals surface area contributed by atoms with Crippen molar-refractivity contribution in [2.45, 2.75) is 32.6 Å². The van der Waals surface area contributed by atoms with E-state index in [9.17, 15) is 4.39 Å². The first-order valence-electron chi connectivity index (χ1n) is 10.5. The number of nitrogens with zero attached hydrogens (tertiary/aromatic N) is 2. The Labute approximate surface area is 178 Å². The lowest BCUT2D eigenvalue weighted by Gasteiger charge is -2.44. The summed E-state index contributed by atoms with van der Waals surface area (Å²) in [7, 11) is 1.71. The van der Waals surface area contributed by atoms with Crippen LogP contribution < -0.4 is 4.74 Å². The summed E-state index contributed by atoms with van der Waals surface area (Å²) in [5, 5.41) is 0. The lowest BCUT2D eigenvalue weighted by molar-refractivity contribution is -0.00919. The third-order valence-corrected chi connectivity index (χ3v) is 5.78. The van der Waals surface area contributed by atoms with E-state index in [1.165, 1.54) is 16.7 Å². The van der Waals surface area contributed by atoms with Gasteiger partial charge in [-0.2, -0.15) is 0 Å². The Kier molecular flexibility index (Phi) is 6.46. The maximum absolute atomic E-state index is 13.4. The minimum Gasteiger partial charge on any atom is -0.497 e. The summed E-state index contributed by atoms with van der Waals surface area (Å²) in [6.45, 7) is 5.84. The molecule has 0 aromatic heterocycles. The van der Waals surface area contributed by atoms with Crippen molar-refractivity contribution >= 4 is 0 Å². The molecule has 156 valence electrons. The topological polar surface area (TPSA) is 15.7 Å². The first kappa shape index (κ1) is 20.6. The molecule has 3 nitrogen and oxygen atoms in total. The van der Waals surface area contributed by atoms with E-state index in [1.807, 2.05) is 18.2 Å². The maximum Gasteiger partial charge on any atom is 0.123 e. The number of ether oxygens (including phenoxy) is 1. The molecule has 1 aliphatic heterocycles. The quantitative estimate of drug-likeness (QED) is 0.536. The fraction of sp³-hybridized carbons (Fsp3) is 0.308. The highest BCUT2D eigenvalue weighted by molar-refractivity contribution is 5.31. The van der Waals surface area contributed by atoms with Crippen molar-refractivity contribution in [1.29, 1.82) is 0 Å². The molecule has 30 heavy (non-hydrogen) atoms. The molecule has 3 aromatic carbocycles. The zero-order chi connectivity index (χ0) is 20.9. The smallest absolute Gasteiger partial charge is 0.123 e. The second-order valence-electron chi connectivity index (χ2n) is 8.06. The number of methoxy groups -OCH3 is 1. The molecule has 0 bridgehead atoms. The van der Waals surface area contributed by atoms with E-state index < -0.39 is 0 Å². The van der Waals surface area contributed by atoms with E-state index in [2.05, 4.69) is 59.2 Å². The Morgan fingerprint density at radius 1 is 0.867 bits per heavy atom. The van der Waals surface area contributed by atoms with Crippen molar-refractivity contribution in [2.24, 2.45) is 0 Å². The lowest BCUT2D eigenvalue weighted by atomic mass is 10.0. The van der Waals surface area contributed by atoms with Crippen molar-refractivity contribution in [3.8, 4) is 5.75 Å². The monoisotopic (exact) mass is 404 g/mol. The molecular formula is C26H29FN2O. The summed E-state index contributed by atoms with van der Waals surface area (Å²) in [5.74, 6) is 0.679. The molecule has 4 rings (SSSR count). The second-order valence-corrected chi connectivity index (χ2v) is 8.06. The van der Waals surface area contributed by atoms with Gasteiger partial charge in [0.15, 0.2) is 0 Å². The van der Waals surface area contributed by atoms with E-state index >= 15 is 0 Å². The molecule has 1 fully saturated rings. The number of hydrogen-bond acceptors (Lipinski definition) is 3. The largest absolute Gasteiger partial charge is 0.497 e. The average molecular weight is 405 g/mol. The number of benzene rings is 3. The number of halogens is 1. The van der Waals surface area contributed by atoms with Crippen molar-refractivity contribution in [1.82, 2.24) is 9.80 Å². The molecule has 1 atom stereocenters. The third-order valence-electron chi connectivity index (χ3n) is 5.78. The fourth-order valence-corrected chi connectivity index (χ4v) is 4.26. The van der Waals surface area contributed by atoms with Crippen LogP contribution in [-0.2, 0) is 13.1 Å². The molecule has 1 heterocycles. The molecule has 1 saturated heterocycles. The Balaban J connectivity index is 1.64. The number of aryl methyl sites for hydroxylation is 1. The first-order chi connectivity index (χ1) is 14.6. The van der Waals surface area contributed by atoms with Gasteiger partial charge in [-0.05, 0) is 54.3 Å². The van der Waals surface area contributed by atoms with Gasteiger partial charge in [0.25, 0.3) is 0 Å². The Morgan fingerprint density at radius 3 is 2.07 bits per heavy atom. The van der Waals surface area contributed by atoms with Crippen LogP contribution in [-0.4, -0.2) is 30.0 Å². The average Bonchev–Trinajstić information content (AvgIpc) is 2.77. The van der Waals surface area contributed by atoms with E-state index in [4.69, 9.17) is 4.74 Å². The van der Waals surface area contributed by atoms with Crippen LogP contribution in [0.1, 0.15) is 34.8 Å². The summed E-state index contributed by atoms with van der Waals surface area (Å²) in [6, 6.07) is 24.0. The molecule has 0 aliphatic carbocycles. The van der Waals surface area contributed by atoms with Crippen LogP contribution in [0, 0.1) is 12.7 Å². The van der Waals surface area contributed by atoms with E-state index in [1.54, 1.807) is 19.2 Å². The van der Waals surface area contributed by atoms with Gasteiger partial charge in [0, 0.05) is 26.2 Å². The van der Waals surface area contributed by atoms with Crippen LogP contribution in [0.5, 0.6) is 5.75 Å². The lowest BCUT2D eigenvalue weighted by Crippen LogP contribution is -2.46. The predicted octanol–water partition coefficient (Wildman–Crippen LogP) is 5.55. The number of hydrogen-bond donors (Lipinski definition) is 0. The molecular weight excluding hydrogens is 375 g/mol. The van der Waals surface area contributed by atoms with Gasteiger partial charge in [-0.15, -0.1) is 0 Å². The Morgan fingerprint density at radius 2 is 1.47 bits per heavy atom. The van der Waals surface area contributed by atoms with Crippen molar-refractivity contribution in [3.05, 3.63) is 101 Å². The molecule has 0 spiro atoms. The highest BCUT2D eigenvalue weighted by Crippen LogP contribution is 2.33. The summed E-state index contributed by atoms with van der Waals surface area (Å²) in [5.41, 5.74) is 4.95. The SMILES string of the molecule is COc1cccc(C2N(Cc3ccc(C)cc3)CCCN2Cc2ccc(F)cc2)c1. The first-order valence-corrected chi connectivity index (χ1v) is 10.5. The van der Waals surface area contributed by atoms with Gasteiger partial charge >= 0.3 is 0 Å². The molecule has 1 aliphatic rings. The third kappa shape index (κ3) is 4.89. The fourth-order valence-electron chi connectivity index (χ4n) is 4.26. The maximum atomic E-state index is 13.4. The van der Waals surface area contributed by atoms with Gasteiger partial charge in [0.2, 0.25) is 0 Å². The van der Waals surface area contributed by atoms with Crippen LogP contribution in [0.15, 0.2) is 72.8 Å². The highest BCUT2D eigenvalue weighted by Gasteiger charge is 2.31. The van der Waals surface area contributed by atoms with Gasteiger partial charge in [0.1, 0.15) is 11.6 Å². The van der Waals surface area contributed by atoms with Crippen LogP contribution in [0.3, 0.4) is 0 Å². The van der Waals surface area contributed by atoms with E-state index in [0.29, 0.717) is 0 Å². The standard InChI is InChI=1S/C26H29FN2O/c1-20-7-9-21(10-8-20)18-28-15-4-16-29(19-22-11-13-24(27)14-12-22)26(28)23-5-3-6-25(17-23)30-2/h3,5-14,17,26H,4,15-16,18-19H2,1-2H3. The molecule has 0 radical (unpaired) electrons. The minimum atomic E-state index is -0.192. The molecule has 0 amide bonds. The van der Waals surface area contributed by atoms with Crippen LogP contribution >= 0.6 is 0 Å². The van der Waals surface area contributed by atoms with Crippen LogP contribution in [0.4, 0.5) is 4.39 Å². The van der Waals surface area contributed by atoms with E-state index in [-0.39, 0.29) is 12.0 Å². The van der Waals surface area contributed by atoms with E-state index in [0.717, 1.165) is 43.9 Å². The molecule has 0 N–H and O–H groups in total. The molecule has 3 aromatic rings. The van der Waals surface area contributed by atoms with Gasteiger partial charge in [-0.1, -0.05) is 54.1 Å². The molecule has 0 saturated carbocycles. The normalized spacial score (nSPS) is 17.8. The van der Waals surface area contributed by atoms with Gasteiger partial charge in [-0.3, -0.25) is 9.80 Å². The zero-order valence-electron chi connectivity index (χ0n) is 17.7. The van der Waals surface area contributed by atoms with Crippen molar-refractivity contribution in [3.63, 3.8) is 0 Å². The van der Waals surface area contributed by atoms with Crippen molar-refractivity contribution < 1.29 is 9.13 Å². The summed E-state index contributed by atoms with van der Waals surface area (Å²) < 4.78 is 18.9. The molecule has 4 heteroatoms. The Bertz CT molecular complexity index is 900. The van der Waals surface area contributed by atoms with Gasteiger partial charge in [0.05, 0.1) is 13.3 Å². The summed E-state index contributed by atoms with van der Waals surface area (Å²) in [6.07, 6.45) is 1.24. The minimum absolute atomic E-state index is 0.139. The van der Waals surface area contributed by atoms with Crippen molar-refractivity contribution in [2.75, 3.05) is 20.2 Å². The second kappa shape index (κ2) is 9.41. The zero-order valence-corrected chi connectivity index (χ0v) is 17.7. The molecule has 1 unspecified atom stereocenters. The summed E-state index contributed by atoms with van der Waals surface area (Å²) >= 11 is 0. The Hall–Kier alpha value is -2.69. The van der Waals surface area contributed by atoms with Gasteiger partial charge < -0.3 is 4.74 Å². The summed E-state index contributed by atoms with van der Waals surface area (Å²) in [4.78, 5) is 5.02. The predicted molar refractivity (Wildman–Crippen MR) is 119 cm³/mol. The van der Waals surface area contributed by atoms with Gasteiger partial charge in [-0.25, -0.2) is 4.39 Å².